The molecule has 0 saturated heterocycles. The van der Waals surface area contributed by atoms with Crippen molar-refractivity contribution in [2.75, 3.05) is 18.0 Å². The molecule has 0 amide bonds. The van der Waals surface area contributed by atoms with E-state index in [1.807, 2.05) is 66.3 Å². The second-order valence-corrected chi connectivity index (χ2v) is 5.72. The van der Waals surface area contributed by atoms with Crippen LogP contribution in [0.2, 0.25) is 0 Å². The number of hydrogen-bond donors (Lipinski definition) is 0. The lowest BCUT2D eigenvalue weighted by molar-refractivity contribution is 0.104. The van der Waals surface area contributed by atoms with Crippen molar-refractivity contribution in [2.45, 2.75) is 13.8 Å². The quantitative estimate of drug-likeness (QED) is 0.658. The number of aromatic nitrogens is 1. The van der Waals surface area contributed by atoms with Crippen LogP contribution in [0.3, 0.4) is 0 Å². The highest BCUT2D eigenvalue weighted by atomic mass is 16.1. The van der Waals surface area contributed by atoms with E-state index in [4.69, 9.17) is 0 Å². The summed E-state index contributed by atoms with van der Waals surface area (Å²) in [7, 11) is 1.97. The smallest absolute Gasteiger partial charge is 0.195 e. The highest BCUT2D eigenvalue weighted by molar-refractivity contribution is 6.16. The van der Waals surface area contributed by atoms with Crippen LogP contribution in [0.25, 0.3) is 10.9 Å². The molecule has 0 unspecified atom stereocenters. The molecule has 0 spiro atoms. The molecule has 1 heterocycles. The summed E-state index contributed by atoms with van der Waals surface area (Å²) in [5, 5.41) is 1.01. The monoisotopic (exact) mass is 306 g/mol. The topological polar surface area (TPSA) is 25.2 Å². The van der Waals surface area contributed by atoms with E-state index >= 15 is 0 Å². The first kappa shape index (κ1) is 15.3. The highest BCUT2D eigenvalue weighted by Crippen LogP contribution is 2.24. The molecule has 0 fully saturated rings. The summed E-state index contributed by atoms with van der Waals surface area (Å²) in [6, 6.07) is 15.9. The molecule has 3 heteroatoms. The number of carbonyl (C=O) groups is 1. The molecule has 23 heavy (non-hydrogen) atoms. The Labute approximate surface area is 137 Å². The molecule has 0 aliphatic heterocycles. The molecule has 0 saturated carbocycles. The normalized spacial score (nSPS) is 10.9. The first-order valence-corrected chi connectivity index (χ1v) is 8.09. The van der Waals surface area contributed by atoms with Gasteiger partial charge >= 0.3 is 0 Å². The fourth-order valence-corrected chi connectivity index (χ4v) is 3.09. The van der Waals surface area contributed by atoms with Gasteiger partial charge in [0.05, 0.1) is 0 Å². The van der Waals surface area contributed by atoms with Crippen molar-refractivity contribution in [3.8, 4) is 0 Å². The van der Waals surface area contributed by atoms with E-state index in [9.17, 15) is 4.79 Å². The maximum atomic E-state index is 12.9. The fraction of sp³-hybridized carbons (Fsp3) is 0.250. The largest absolute Gasteiger partial charge is 0.372 e. The number of nitrogens with zero attached hydrogens (tertiary/aromatic N) is 2. The first-order valence-electron chi connectivity index (χ1n) is 8.09. The summed E-state index contributed by atoms with van der Waals surface area (Å²) in [6.45, 7) is 6.21. The minimum atomic E-state index is 0.0768. The lowest BCUT2D eigenvalue weighted by Gasteiger charge is -2.20. The lowest BCUT2D eigenvalue weighted by atomic mass is 10.0. The van der Waals surface area contributed by atoms with Gasteiger partial charge in [-0.15, -0.1) is 0 Å². The summed E-state index contributed by atoms with van der Waals surface area (Å²) in [6.07, 6.45) is 1.92. The zero-order valence-corrected chi connectivity index (χ0v) is 13.9. The fourth-order valence-electron chi connectivity index (χ4n) is 3.09. The lowest BCUT2D eigenvalue weighted by Crippen LogP contribution is -2.21. The van der Waals surface area contributed by atoms with E-state index in [0.29, 0.717) is 0 Å². The van der Waals surface area contributed by atoms with E-state index in [1.54, 1.807) is 0 Å². The summed E-state index contributed by atoms with van der Waals surface area (Å²) < 4.78 is 2.01. The number of aryl methyl sites for hydroxylation is 1. The number of benzene rings is 2. The van der Waals surface area contributed by atoms with Crippen molar-refractivity contribution >= 4 is 22.4 Å². The summed E-state index contributed by atoms with van der Waals surface area (Å²) in [4.78, 5) is 15.1. The first-order chi connectivity index (χ1) is 11.2. The van der Waals surface area contributed by atoms with Gasteiger partial charge in [0.25, 0.3) is 0 Å². The Bertz CT molecular complexity index is 826. The van der Waals surface area contributed by atoms with E-state index in [-0.39, 0.29) is 5.78 Å². The Morgan fingerprint density at radius 3 is 2.30 bits per heavy atom. The molecule has 0 bridgehead atoms. The van der Waals surface area contributed by atoms with Gasteiger partial charge in [-0.05, 0) is 44.2 Å². The predicted octanol–water partition coefficient (Wildman–Crippen LogP) is 4.26. The third-order valence-electron chi connectivity index (χ3n) is 4.40. The molecule has 3 rings (SSSR count). The third kappa shape index (κ3) is 2.74. The zero-order valence-electron chi connectivity index (χ0n) is 13.9. The molecule has 3 nitrogen and oxygen atoms in total. The van der Waals surface area contributed by atoms with Crippen molar-refractivity contribution < 1.29 is 4.79 Å². The molecule has 0 aliphatic carbocycles. The van der Waals surface area contributed by atoms with Gasteiger partial charge in [-0.3, -0.25) is 4.79 Å². The maximum Gasteiger partial charge on any atom is 0.195 e. The Morgan fingerprint density at radius 2 is 1.65 bits per heavy atom. The maximum absolute atomic E-state index is 12.9. The van der Waals surface area contributed by atoms with Crippen molar-refractivity contribution in [3.63, 3.8) is 0 Å². The summed E-state index contributed by atoms with van der Waals surface area (Å²) in [5.41, 5.74) is 3.73. The molecule has 0 aliphatic rings. The van der Waals surface area contributed by atoms with Crippen LogP contribution in [0.15, 0.2) is 54.7 Å². The van der Waals surface area contributed by atoms with Crippen molar-refractivity contribution in [2.24, 2.45) is 7.05 Å². The summed E-state index contributed by atoms with van der Waals surface area (Å²) in [5.74, 6) is 0.0768. The van der Waals surface area contributed by atoms with Gasteiger partial charge in [-0.25, -0.2) is 0 Å². The van der Waals surface area contributed by atoms with Crippen molar-refractivity contribution in [1.29, 1.82) is 0 Å². The Morgan fingerprint density at radius 1 is 1.00 bits per heavy atom. The van der Waals surface area contributed by atoms with Gasteiger partial charge in [-0.1, -0.05) is 18.2 Å². The van der Waals surface area contributed by atoms with Crippen LogP contribution in [-0.4, -0.2) is 23.4 Å². The number of hydrogen-bond acceptors (Lipinski definition) is 2. The number of carbonyl (C=O) groups excluding carboxylic acids is 1. The van der Waals surface area contributed by atoms with Gasteiger partial charge in [-0.2, -0.15) is 0 Å². The van der Waals surface area contributed by atoms with E-state index in [0.717, 1.165) is 40.8 Å². The SMILES string of the molecule is CCN(CC)c1ccc(C(=O)c2cn(C)c3ccccc23)cc1. The van der Waals surface area contributed by atoms with Crippen LogP contribution in [0.1, 0.15) is 29.8 Å². The summed E-state index contributed by atoms with van der Waals surface area (Å²) >= 11 is 0. The van der Waals surface area contributed by atoms with Crippen molar-refractivity contribution in [3.05, 3.63) is 65.9 Å². The number of fused-ring (bicyclic) bond motifs is 1. The van der Waals surface area contributed by atoms with Crippen LogP contribution >= 0.6 is 0 Å². The minimum Gasteiger partial charge on any atom is -0.372 e. The van der Waals surface area contributed by atoms with Crippen LogP contribution in [-0.2, 0) is 7.05 Å². The Kier molecular flexibility index (Phi) is 4.20. The number of para-hydroxylation sites is 1. The van der Waals surface area contributed by atoms with E-state index < -0.39 is 0 Å². The average molecular weight is 306 g/mol. The van der Waals surface area contributed by atoms with Gasteiger partial charge < -0.3 is 9.47 Å². The van der Waals surface area contributed by atoms with Crippen LogP contribution in [0.5, 0.6) is 0 Å². The highest BCUT2D eigenvalue weighted by Gasteiger charge is 2.15. The molecule has 118 valence electrons. The molecule has 2 aromatic carbocycles. The van der Waals surface area contributed by atoms with Crippen LogP contribution in [0.4, 0.5) is 5.69 Å². The predicted molar refractivity (Wildman–Crippen MR) is 96.4 cm³/mol. The second-order valence-electron chi connectivity index (χ2n) is 5.72. The standard InChI is InChI=1S/C20H22N2O/c1-4-22(5-2)16-12-10-15(11-13-16)20(23)18-14-21(3)19-9-7-6-8-17(18)19/h6-14H,4-5H2,1-3H3. The molecule has 3 aromatic rings. The molecule has 0 radical (unpaired) electrons. The van der Waals surface area contributed by atoms with Crippen LogP contribution in [0, 0.1) is 0 Å². The molecule has 0 atom stereocenters. The Hall–Kier alpha value is -2.55. The van der Waals surface area contributed by atoms with E-state index in [2.05, 4.69) is 18.7 Å². The van der Waals surface area contributed by atoms with Gasteiger partial charge in [0.1, 0.15) is 0 Å². The Balaban J connectivity index is 1.96. The van der Waals surface area contributed by atoms with Gasteiger partial charge in [0.2, 0.25) is 0 Å². The van der Waals surface area contributed by atoms with Crippen molar-refractivity contribution in [1.82, 2.24) is 4.57 Å². The molecule has 1 aromatic heterocycles. The van der Waals surface area contributed by atoms with Gasteiger partial charge in [0.15, 0.2) is 5.78 Å². The molecular weight excluding hydrogens is 284 g/mol. The third-order valence-corrected chi connectivity index (χ3v) is 4.40. The number of ketones is 1. The average Bonchev–Trinajstić information content (AvgIpc) is 2.93. The second kappa shape index (κ2) is 6.29. The molecule has 0 N–H and O–H groups in total. The number of rotatable bonds is 5. The number of anilines is 1. The molecular formula is C20H22N2O. The van der Waals surface area contributed by atoms with Crippen LogP contribution < -0.4 is 4.90 Å². The van der Waals surface area contributed by atoms with Gasteiger partial charge in [0, 0.05) is 54.1 Å². The van der Waals surface area contributed by atoms with E-state index in [1.165, 1.54) is 0 Å². The zero-order chi connectivity index (χ0) is 16.4. The minimum absolute atomic E-state index is 0.0768.